The quantitative estimate of drug-likeness (QED) is 0.493. The fraction of sp³-hybridized carbons (Fsp3) is 0.900. The van der Waals surface area contributed by atoms with Gasteiger partial charge in [-0.3, -0.25) is 9.18 Å². The molecular weight excluding hydrogens is 219 g/mol. The molecule has 0 bridgehead atoms. The van der Waals surface area contributed by atoms with Crippen LogP contribution in [-0.4, -0.2) is 54.4 Å². The number of unbranched alkanes of at least 4 members (excludes halogenated alkanes) is 1. The van der Waals surface area contributed by atoms with E-state index in [0.717, 1.165) is 0 Å². The van der Waals surface area contributed by atoms with Gasteiger partial charge in [0.15, 0.2) is 6.10 Å². The molecule has 0 amide bonds. The van der Waals surface area contributed by atoms with Crippen LogP contribution in [0.15, 0.2) is 0 Å². The molecule has 6 heteroatoms. The predicted molar refractivity (Wildman–Crippen MR) is 52.5 cm³/mol. The Morgan fingerprint density at radius 1 is 1.50 bits per heavy atom. The van der Waals surface area contributed by atoms with Gasteiger partial charge in [-0.25, -0.2) is 0 Å². The third-order valence-electron chi connectivity index (χ3n) is 2.44. The Balaban J connectivity index is 2.31. The minimum Gasteiger partial charge on any atom is -0.457 e. The maximum atomic E-state index is 11.8. The Morgan fingerprint density at radius 2 is 2.25 bits per heavy atom. The summed E-state index contributed by atoms with van der Waals surface area (Å²) in [5.74, 6) is -0.499. The zero-order chi connectivity index (χ0) is 12.0. The van der Waals surface area contributed by atoms with Crippen LogP contribution in [0.1, 0.15) is 19.3 Å². The van der Waals surface area contributed by atoms with E-state index in [1.807, 2.05) is 0 Å². The first-order valence-electron chi connectivity index (χ1n) is 5.35. The van der Waals surface area contributed by atoms with Gasteiger partial charge < -0.3 is 19.7 Å². The molecule has 0 aromatic carbocycles. The predicted octanol–water partition coefficient (Wildman–Crippen LogP) is -0.210. The molecule has 5 nitrogen and oxygen atoms in total. The molecule has 1 aliphatic heterocycles. The van der Waals surface area contributed by atoms with Crippen molar-refractivity contribution in [3.8, 4) is 0 Å². The molecule has 1 saturated heterocycles. The van der Waals surface area contributed by atoms with Crippen molar-refractivity contribution in [2.45, 2.75) is 37.6 Å². The lowest BCUT2D eigenvalue weighted by Crippen LogP contribution is -2.37. The Labute approximate surface area is 93.2 Å². The van der Waals surface area contributed by atoms with Crippen LogP contribution >= 0.6 is 0 Å². The number of aliphatic hydroxyl groups excluding tert-OH is 2. The highest BCUT2D eigenvalue weighted by Gasteiger charge is 2.38. The highest BCUT2D eigenvalue weighted by Crippen LogP contribution is 2.18. The normalized spacial score (nSPS) is 29.3. The van der Waals surface area contributed by atoms with Gasteiger partial charge >= 0.3 is 5.97 Å². The summed E-state index contributed by atoms with van der Waals surface area (Å²) in [5.41, 5.74) is 0. The second kappa shape index (κ2) is 6.78. The van der Waals surface area contributed by atoms with Crippen LogP contribution in [0.25, 0.3) is 0 Å². The molecule has 1 fully saturated rings. The summed E-state index contributed by atoms with van der Waals surface area (Å²) in [4.78, 5) is 11.3. The van der Waals surface area contributed by atoms with E-state index in [9.17, 15) is 14.3 Å². The molecular formula is C10H17FO5. The largest absolute Gasteiger partial charge is 0.457 e. The molecule has 16 heavy (non-hydrogen) atoms. The summed E-state index contributed by atoms with van der Waals surface area (Å²) < 4.78 is 21.8. The lowest BCUT2D eigenvalue weighted by molar-refractivity contribution is -0.156. The summed E-state index contributed by atoms with van der Waals surface area (Å²) in [6.45, 7) is -0.713. The van der Waals surface area contributed by atoms with Gasteiger partial charge in [0.25, 0.3) is 0 Å². The van der Waals surface area contributed by atoms with Crippen LogP contribution < -0.4 is 0 Å². The highest BCUT2D eigenvalue weighted by atomic mass is 19.1. The molecule has 2 N–H and O–H groups in total. The maximum Gasteiger partial charge on any atom is 0.306 e. The van der Waals surface area contributed by atoms with Crippen molar-refractivity contribution in [3.63, 3.8) is 0 Å². The van der Waals surface area contributed by atoms with Crippen molar-refractivity contribution < 1.29 is 28.9 Å². The number of rotatable bonds is 6. The van der Waals surface area contributed by atoms with E-state index in [-0.39, 0.29) is 19.6 Å². The first kappa shape index (κ1) is 13.3. The van der Waals surface area contributed by atoms with Crippen LogP contribution in [0.2, 0.25) is 0 Å². The molecule has 3 atom stereocenters. The van der Waals surface area contributed by atoms with Gasteiger partial charge in [-0.1, -0.05) is 0 Å². The topological polar surface area (TPSA) is 76.0 Å². The van der Waals surface area contributed by atoms with Crippen molar-refractivity contribution in [1.82, 2.24) is 0 Å². The molecule has 0 spiro atoms. The monoisotopic (exact) mass is 236 g/mol. The van der Waals surface area contributed by atoms with E-state index >= 15 is 0 Å². The molecule has 1 heterocycles. The van der Waals surface area contributed by atoms with Crippen LogP contribution in [-0.2, 0) is 14.3 Å². The van der Waals surface area contributed by atoms with Gasteiger partial charge in [-0.2, -0.15) is 0 Å². The molecule has 1 rings (SSSR count). The standard InChI is InChI=1S/C10H17FO5/c11-4-2-1-3-9(14)16-10-7(13)6-15-8(10)5-12/h7-8,10,12-13H,1-6H2/t7-,8-,10+/m0/s1. The van der Waals surface area contributed by atoms with Gasteiger partial charge in [0, 0.05) is 6.42 Å². The first-order valence-corrected chi connectivity index (χ1v) is 5.35. The molecule has 1 aliphatic rings. The zero-order valence-corrected chi connectivity index (χ0v) is 8.97. The lowest BCUT2D eigenvalue weighted by atomic mass is 10.1. The molecule has 0 aromatic rings. The zero-order valence-electron chi connectivity index (χ0n) is 8.97. The van der Waals surface area contributed by atoms with Crippen LogP contribution in [0.4, 0.5) is 4.39 Å². The Kier molecular flexibility index (Phi) is 5.65. The number of alkyl halides is 1. The van der Waals surface area contributed by atoms with E-state index in [0.29, 0.717) is 12.8 Å². The third-order valence-corrected chi connectivity index (χ3v) is 2.44. The van der Waals surface area contributed by atoms with Gasteiger partial charge in [-0.05, 0) is 12.8 Å². The fourth-order valence-electron chi connectivity index (χ4n) is 1.55. The average molecular weight is 236 g/mol. The minimum absolute atomic E-state index is 0.0493. The van der Waals surface area contributed by atoms with E-state index < -0.39 is 31.0 Å². The summed E-state index contributed by atoms with van der Waals surface area (Å²) >= 11 is 0. The average Bonchev–Trinajstić information content (AvgIpc) is 2.61. The van der Waals surface area contributed by atoms with Crippen molar-refractivity contribution >= 4 is 5.97 Å². The van der Waals surface area contributed by atoms with Crippen LogP contribution in [0, 0.1) is 0 Å². The lowest BCUT2D eigenvalue weighted by Gasteiger charge is -2.19. The molecule has 0 radical (unpaired) electrons. The Morgan fingerprint density at radius 3 is 2.88 bits per heavy atom. The SMILES string of the molecule is O=C(CCCCF)O[C@H]1[C@H](CO)OC[C@@H]1O. The van der Waals surface area contributed by atoms with E-state index in [2.05, 4.69) is 0 Å². The van der Waals surface area contributed by atoms with Crippen molar-refractivity contribution in [2.24, 2.45) is 0 Å². The number of carbonyl (C=O) groups excluding carboxylic acids is 1. The van der Waals surface area contributed by atoms with Crippen LogP contribution in [0.3, 0.4) is 0 Å². The molecule has 94 valence electrons. The number of hydrogen-bond donors (Lipinski definition) is 2. The second-order valence-electron chi connectivity index (χ2n) is 3.72. The number of halogens is 1. The molecule has 0 aliphatic carbocycles. The number of esters is 1. The van der Waals surface area contributed by atoms with E-state index in [1.165, 1.54) is 0 Å². The molecule has 0 aromatic heterocycles. The van der Waals surface area contributed by atoms with Gasteiger partial charge in [0.1, 0.15) is 12.2 Å². The number of carbonyl (C=O) groups is 1. The Hall–Kier alpha value is -0.720. The Bertz CT molecular complexity index is 223. The second-order valence-corrected chi connectivity index (χ2v) is 3.72. The third kappa shape index (κ3) is 3.70. The summed E-state index contributed by atoms with van der Waals surface area (Å²) in [5, 5.41) is 18.3. The van der Waals surface area contributed by atoms with E-state index in [1.54, 1.807) is 0 Å². The minimum atomic E-state index is -0.901. The first-order chi connectivity index (χ1) is 7.69. The fourth-order valence-corrected chi connectivity index (χ4v) is 1.55. The van der Waals surface area contributed by atoms with Crippen molar-refractivity contribution in [1.29, 1.82) is 0 Å². The molecule has 0 unspecified atom stereocenters. The number of hydrogen-bond acceptors (Lipinski definition) is 5. The van der Waals surface area contributed by atoms with Gasteiger partial charge in [-0.15, -0.1) is 0 Å². The van der Waals surface area contributed by atoms with Gasteiger partial charge in [0.2, 0.25) is 0 Å². The smallest absolute Gasteiger partial charge is 0.306 e. The van der Waals surface area contributed by atoms with Crippen molar-refractivity contribution in [3.05, 3.63) is 0 Å². The summed E-state index contributed by atoms with van der Waals surface area (Å²) in [6.07, 6.45) is -1.53. The van der Waals surface area contributed by atoms with E-state index in [4.69, 9.17) is 14.6 Å². The van der Waals surface area contributed by atoms with Gasteiger partial charge in [0.05, 0.1) is 19.9 Å². The number of ether oxygens (including phenoxy) is 2. The highest BCUT2D eigenvalue weighted by molar-refractivity contribution is 5.69. The molecule has 0 saturated carbocycles. The maximum absolute atomic E-state index is 11.8. The number of aliphatic hydroxyl groups is 2. The summed E-state index contributed by atoms with van der Waals surface area (Å²) in [7, 11) is 0. The van der Waals surface area contributed by atoms with Crippen LogP contribution in [0.5, 0.6) is 0 Å². The summed E-state index contributed by atoms with van der Waals surface area (Å²) in [6, 6.07) is 0. The van der Waals surface area contributed by atoms with Crippen molar-refractivity contribution in [2.75, 3.05) is 19.9 Å².